The summed E-state index contributed by atoms with van der Waals surface area (Å²) in [5.41, 5.74) is 7.92. The highest BCUT2D eigenvalue weighted by molar-refractivity contribution is 7.87. The molecule has 0 fully saturated rings. The first-order valence-corrected chi connectivity index (χ1v) is 13.4. The third-order valence-electron chi connectivity index (χ3n) is 5.24. The minimum Gasteiger partial charge on any atom is -0.463 e. The van der Waals surface area contributed by atoms with E-state index in [1.165, 1.54) is 30.3 Å². The van der Waals surface area contributed by atoms with Gasteiger partial charge in [0.25, 0.3) is 20.2 Å². The Kier molecular flexibility index (Phi) is 7.94. The second kappa shape index (κ2) is 10.4. The van der Waals surface area contributed by atoms with E-state index in [1.807, 2.05) is 0 Å². The van der Waals surface area contributed by atoms with E-state index in [1.54, 1.807) is 45.0 Å². The van der Waals surface area contributed by atoms with Gasteiger partial charge in [-0.1, -0.05) is 35.4 Å². The molecule has 3 atom stereocenters. The number of benzene rings is 2. The molecule has 0 radical (unpaired) electrons. The van der Waals surface area contributed by atoms with Crippen molar-refractivity contribution in [1.29, 1.82) is 0 Å². The predicted molar refractivity (Wildman–Crippen MR) is 124 cm³/mol. The van der Waals surface area contributed by atoms with Crippen LogP contribution in [-0.4, -0.2) is 47.7 Å². The topological polar surface area (TPSA) is 139 Å². The molecule has 2 N–H and O–H groups in total. The standard InChI is InChI=1S/C23H27NO8S2/c1-4-30-23(25)17-13-20(31-33(26,27)18-9-5-15(2)6-10-18)22(24)21(14-17)32-34(28,29)19-11-7-16(3)8-12-19/h5-13,20-22H,4,14,24H2,1-3H3/t20-,21+,22-/m0/s1. The molecular weight excluding hydrogens is 482 g/mol. The Labute approximate surface area is 199 Å². The number of hydrogen-bond acceptors (Lipinski definition) is 9. The molecule has 0 saturated heterocycles. The van der Waals surface area contributed by atoms with Gasteiger partial charge in [-0.3, -0.25) is 8.37 Å². The third kappa shape index (κ3) is 6.10. The molecule has 184 valence electrons. The Hall–Kier alpha value is -2.57. The van der Waals surface area contributed by atoms with Gasteiger partial charge < -0.3 is 10.5 Å². The predicted octanol–water partition coefficient (Wildman–Crippen LogP) is 2.37. The van der Waals surface area contributed by atoms with Gasteiger partial charge >= 0.3 is 5.97 Å². The summed E-state index contributed by atoms with van der Waals surface area (Å²) in [6, 6.07) is 10.8. The molecule has 0 bridgehead atoms. The van der Waals surface area contributed by atoms with Crippen LogP contribution < -0.4 is 5.73 Å². The SMILES string of the molecule is CCOC(=O)C1=C[C@H](OS(=O)(=O)c2ccc(C)cc2)[C@H](N)[C@H](OS(=O)(=O)c2ccc(C)cc2)C1. The van der Waals surface area contributed by atoms with Crippen LogP contribution in [0.25, 0.3) is 0 Å². The van der Waals surface area contributed by atoms with Crippen LogP contribution >= 0.6 is 0 Å². The summed E-state index contributed by atoms with van der Waals surface area (Å²) < 4.78 is 67.0. The van der Waals surface area contributed by atoms with Crippen LogP contribution in [0.1, 0.15) is 24.5 Å². The van der Waals surface area contributed by atoms with Crippen LogP contribution in [0.2, 0.25) is 0 Å². The van der Waals surface area contributed by atoms with Crippen molar-refractivity contribution in [3.8, 4) is 0 Å². The van der Waals surface area contributed by atoms with Crippen LogP contribution in [-0.2, 0) is 38.1 Å². The molecule has 0 aliphatic heterocycles. The lowest BCUT2D eigenvalue weighted by Crippen LogP contribution is -2.51. The van der Waals surface area contributed by atoms with E-state index in [0.29, 0.717) is 0 Å². The number of ether oxygens (including phenoxy) is 1. The van der Waals surface area contributed by atoms with Crippen molar-refractivity contribution in [2.24, 2.45) is 5.73 Å². The average molecular weight is 510 g/mol. The highest BCUT2D eigenvalue weighted by Gasteiger charge is 2.40. The van der Waals surface area contributed by atoms with Gasteiger partial charge in [-0.05, 0) is 51.1 Å². The summed E-state index contributed by atoms with van der Waals surface area (Å²) in [4.78, 5) is 12.2. The first-order chi connectivity index (χ1) is 15.9. The number of esters is 1. The zero-order valence-electron chi connectivity index (χ0n) is 19.0. The highest BCUT2D eigenvalue weighted by Crippen LogP contribution is 2.29. The van der Waals surface area contributed by atoms with Gasteiger partial charge in [0.15, 0.2) is 0 Å². The normalized spacial score (nSPS) is 21.1. The highest BCUT2D eigenvalue weighted by atomic mass is 32.2. The van der Waals surface area contributed by atoms with E-state index in [9.17, 15) is 21.6 Å². The van der Waals surface area contributed by atoms with E-state index in [0.717, 1.165) is 11.1 Å². The number of nitrogens with two attached hydrogens (primary N) is 1. The minimum absolute atomic E-state index is 0.0109. The summed E-state index contributed by atoms with van der Waals surface area (Å²) >= 11 is 0. The summed E-state index contributed by atoms with van der Waals surface area (Å²) in [5, 5.41) is 0. The minimum atomic E-state index is -4.28. The Morgan fingerprint density at radius 2 is 1.35 bits per heavy atom. The van der Waals surface area contributed by atoms with Gasteiger partial charge in [-0.15, -0.1) is 0 Å². The van der Waals surface area contributed by atoms with E-state index >= 15 is 0 Å². The third-order valence-corrected chi connectivity index (χ3v) is 7.92. The summed E-state index contributed by atoms with van der Waals surface area (Å²) in [5.74, 6) is -0.739. The van der Waals surface area contributed by atoms with Crippen LogP contribution in [0.3, 0.4) is 0 Å². The monoisotopic (exact) mass is 509 g/mol. The van der Waals surface area contributed by atoms with Gasteiger partial charge in [0.05, 0.1) is 28.5 Å². The molecule has 11 heteroatoms. The van der Waals surface area contributed by atoms with Gasteiger partial charge in [-0.25, -0.2) is 4.79 Å². The van der Waals surface area contributed by atoms with Crippen LogP contribution in [0.4, 0.5) is 0 Å². The summed E-state index contributed by atoms with van der Waals surface area (Å²) in [7, 11) is -8.54. The molecule has 2 aromatic rings. The second-order valence-corrected chi connectivity index (χ2v) is 11.1. The zero-order chi connectivity index (χ0) is 25.1. The lowest BCUT2D eigenvalue weighted by molar-refractivity contribution is -0.139. The Morgan fingerprint density at radius 3 is 1.82 bits per heavy atom. The maximum absolute atomic E-state index is 12.8. The first-order valence-electron chi connectivity index (χ1n) is 10.6. The van der Waals surface area contributed by atoms with E-state index < -0.39 is 44.5 Å². The fraction of sp³-hybridized carbons (Fsp3) is 0.348. The first kappa shape index (κ1) is 26.0. The molecule has 34 heavy (non-hydrogen) atoms. The van der Waals surface area contributed by atoms with Crippen molar-refractivity contribution < 1.29 is 34.7 Å². The fourth-order valence-electron chi connectivity index (χ4n) is 3.34. The number of carbonyl (C=O) groups excluding carboxylic acids is 1. The van der Waals surface area contributed by atoms with E-state index in [-0.39, 0.29) is 28.4 Å². The number of rotatable bonds is 8. The lowest BCUT2D eigenvalue weighted by Gasteiger charge is -2.33. The number of aryl methyl sites for hydroxylation is 2. The fourth-order valence-corrected chi connectivity index (χ4v) is 5.50. The Balaban J connectivity index is 1.92. The molecule has 9 nitrogen and oxygen atoms in total. The summed E-state index contributed by atoms with van der Waals surface area (Å²) in [6.45, 7) is 5.29. The van der Waals surface area contributed by atoms with E-state index in [4.69, 9.17) is 18.8 Å². The maximum Gasteiger partial charge on any atom is 0.333 e. The molecule has 0 unspecified atom stereocenters. The number of hydrogen-bond donors (Lipinski definition) is 1. The number of carbonyl (C=O) groups is 1. The lowest BCUT2D eigenvalue weighted by atomic mass is 9.91. The molecule has 2 aromatic carbocycles. The Morgan fingerprint density at radius 1 is 0.882 bits per heavy atom. The summed E-state index contributed by atoms with van der Waals surface area (Å²) in [6.07, 6.45) is -1.59. The largest absolute Gasteiger partial charge is 0.463 e. The van der Waals surface area contributed by atoms with Crippen molar-refractivity contribution in [2.45, 2.75) is 55.2 Å². The van der Waals surface area contributed by atoms with E-state index in [2.05, 4.69) is 0 Å². The quantitative estimate of drug-likeness (QED) is 0.420. The van der Waals surface area contributed by atoms with Crippen molar-refractivity contribution in [3.63, 3.8) is 0 Å². The molecule has 0 aromatic heterocycles. The van der Waals surface area contributed by atoms with Crippen molar-refractivity contribution in [2.75, 3.05) is 6.61 Å². The average Bonchev–Trinajstić information content (AvgIpc) is 2.77. The van der Waals surface area contributed by atoms with Crippen molar-refractivity contribution >= 4 is 26.2 Å². The second-order valence-electron chi connectivity index (χ2n) is 7.92. The molecule has 0 spiro atoms. The van der Waals surface area contributed by atoms with Gasteiger partial charge in [0, 0.05) is 12.0 Å². The molecule has 0 saturated carbocycles. The van der Waals surface area contributed by atoms with Gasteiger partial charge in [-0.2, -0.15) is 16.8 Å². The molecule has 0 amide bonds. The molecule has 3 rings (SSSR count). The van der Waals surface area contributed by atoms with Crippen molar-refractivity contribution in [1.82, 2.24) is 0 Å². The molecular formula is C23H27NO8S2. The molecule has 1 aliphatic rings. The smallest absolute Gasteiger partial charge is 0.333 e. The van der Waals surface area contributed by atoms with Gasteiger partial charge in [0.2, 0.25) is 0 Å². The van der Waals surface area contributed by atoms with Gasteiger partial charge in [0.1, 0.15) is 6.10 Å². The zero-order valence-corrected chi connectivity index (χ0v) is 20.6. The Bertz CT molecular complexity index is 1270. The molecule has 1 aliphatic carbocycles. The van der Waals surface area contributed by atoms with Crippen LogP contribution in [0.15, 0.2) is 70.0 Å². The maximum atomic E-state index is 12.8. The van der Waals surface area contributed by atoms with Crippen LogP contribution in [0.5, 0.6) is 0 Å². The van der Waals surface area contributed by atoms with Crippen LogP contribution in [0, 0.1) is 13.8 Å². The van der Waals surface area contributed by atoms with Crippen molar-refractivity contribution in [3.05, 3.63) is 71.3 Å². The molecule has 0 heterocycles.